The van der Waals surface area contributed by atoms with Crippen LogP contribution in [-0.4, -0.2) is 19.9 Å². The molecule has 4 heteroatoms. The molecule has 4 nitrogen and oxygen atoms in total. The minimum absolute atomic E-state index is 0.389. The number of hydrogen-bond acceptors (Lipinski definition) is 2. The molecule has 2 aromatic heterocycles. The number of imidazole rings is 2. The predicted octanol–water partition coefficient (Wildman–Crippen LogP) is 7.05. The molecular formula is C27H22N4. The average molecular weight is 403 g/mol. The summed E-state index contributed by atoms with van der Waals surface area (Å²) in [7, 11) is 0. The van der Waals surface area contributed by atoms with Crippen molar-refractivity contribution in [3.63, 3.8) is 0 Å². The molecule has 0 unspecified atom stereocenters. The minimum atomic E-state index is 0.389. The number of rotatable bonds is 3. The second kappa shape index (κ2) is 6.81. The molecule has 31 heavy (non-hydrogen) atoms. The zero-order valence-corrected chi connectivity index (χ0v) is 17.5. The number of fused-ring (bicyclic) bond motifs is 3. The summed E-state index contributed by atoms with van der Waals surface area (Å²) in [6.45, 7) is 4.31. The van der Waals surface area contributed by atoms with Gasteiger partial charge in [-0.25, -0.2) is 9.97 Å². The molecule has 6 aromatic rings. The lowest BCUT2D eigenvalue weighted by atomic mass is 9.97. The van der Waals surface area contributed by atoms with E-state index in [-0.39, 0.29) is 0 Å². The van der Waals surface area contributed by atoms with E-state index in [2.05, 4.69) is 107 Å². The maximum Gasteiger partial charge on any atom is 0.109 e. The fourth-order valence-electron chi connectivity index (χ4n) is 4.20. The molecule has 0 fully saturated rings. The highest BCUT2D eigenvalue weighted by Crippen LogP contribution is 2.31. The van der Waals surface area contributed by atoms with Gasteiger partial charge in [-0.1, -0.05) is 50.2 Å². The highest BCUT2D eigenvalue weighted by Gasteiger charge is 2.09. The van der Waals surface area contributed by atoms with E-state index >= 15 is 0 Å². The molecule has 6 rings (SSSR count). The van der Waals surface area contributed by atoms with Gasteiger partial charge in [-0.2, -0.15) is 0 Å². The number of benzene rings is 4. The summed E-state index contributed by atoms with van der Waals surface area (Å²) in [6, 6.07) is 26.1. The van der Waals surface area contributed by atoms with Crippen molar-refractivity contribution in [3.8, 4) is 22.3 Å². The average Bonchev–Trinajstić information content (AvgIpc) is 3.44. The monoisotopic (exact) mass is 402 g/mol. The molecule has 0 saturated heterocycles. The van der Waals surface area contributed by atoms with E-state index in [1.807, 2.05) is 0 Å². The first kappa shape index (κ1) is 17.9. The Hall–Kier alpha value is -3.92. The largest absolute Gasteiger partial charge is 0.345 e. The van der Waals surface area contributed by atoms with Gasteiger partial charge in [0.25, 0.3) is 0 Å². The SMILES string of the molecule is CC(C)c1nc2ccc(-c3ccc4cc(-c5ccc6nc[nH]c6c5)ccc4c3)cc2[nH]1. The zero-order chi connectivity index (χ0) is 20.9. The molecule has 0 atom stereocenters. The number of aromatic nitrogens is 4. The molecular weight excluding hydrogens is 380 g/mol. The number of nitrogens with zero attached hydrogens (tertiary/aromatic N) is 2. The molecule has 0 bridgehead atoms. The van der Waals surface area contributed by atoms with E-state index < -0.39 is 0 Å². The van der Waals surface area contributed by atoms with Crippen LogP contribution in [0.1, 0.15) is 25.6 Å². The molecule has 150 valence electrons. The Bertz CT molecular complexity index is 1570. The third kappa shape index (κ3) is 3.08. The summed E-state index contributed by atoms with van der Waals surface area (Å²) in [5.41, 5.74) is 8.96. The molecule has 0 amide bonds. The van der Waals surface area contributed by atoms with E-state index in [4.69, 9.17) is 0 Å². The van der Waals surface area contributed by atoms with Crippen LogP contribution in [0.5, 0.6) is 0 Å². The fraction of sp³-hybridized carbons (Fsp3) is 0.111. The molecule has 0 saturated carbocycles. The van der Waals surface area contributed by atoms with E-state index in [1.165, 1.54) is 33.0 Å². The summed E-state index contributed by atoms with van der Waals surface area (Å²) < 4.78 is 0. The van der Waals surface area contributed by atoms with Crippen LogP contribution in [0, 0.1) is 0 Å². The second-order valence-corrected chi connectivity index (χ2v) is 8.42. The summed E-state index contributed by atoms with van der Waals surface area (Å²) in [5.74, 6) is 1.42. The van der Waals surface area contributed by atoms with Gasteiger partial charge in [-0.15, -0.1) is 0 Å². The summed E-state index contributed by atoms with van der Waals surface area (Å²) in [4.78, 5) is 15.7. The van der Waals surface area contributed by atoms with Crippen LogP contribution in [0.15, 0.2) is 79.1 Å². The second-order valence-electron chi connectivity index (χ2n) is 8.42. The Labute approximate surface area is 180 Å². The number of hydrogen-bond donors (Lipinski definition) is 2. The van der Waals surface area contributed by atoms with Crippen LogP contribution in [-0.2, 0) is 0 Å². The van der Waals surface area contributed by atoms with Crippen LogP contribution < -0.4 is 0 Å². The molecule has 2 N–H and O–H groups in total. The topological polar surface area (TPSA) is 57.4 Å². The van der Waals surface area contributed by atoms with Crippen LogP contribution in [0.2, 0.25) is 0 Å². The molecule has 4 aromatic carbocycles. The van der Waals surface area contributed by atoms with Gasteiger partial charge in [0.05, 0.1) is 28.4 Å². The van der Waals surface area contributed by atoms with Crippen LogP contribution in [0.25, 0.3) is 55.1 Å². The molecule has 0 aliphatic rings. The van der Waals surface area contributed by atoms with Gasteiger partial charge >= 0.3 is 0 Å². The molecule has 0 spiro atoms. The van der Waals surface area contributed by atoms with E-state index in [0.717, 1.165) is 27.9 Å². The summed E-state index contributed by atoms with van der Waals surface area (Å²) >= 11 is 0. The molecule has 0 aliphatic heterocycles. The predicted molar refractivity (Wildman–Crippen MR) is 128 cm³/mol. The molecule has 0 aliphatic carbocycles. The third-order valence-electron chi connectivity index (χ3n) is 5.97. The Morgan fingerprint density at radius 2 is 1.23 bits per heavy atom. The number of nitrogens with one attached hydrogen (secondary N) is 2. The first-order valence-electron chi connectivity index (χ1n) is 10.6. The van der Waals surface area contributed by atoms with Gasteiger partial charge in [-0.3, -0.25) is 0 Å². The number of aromatic amines is 2. The van der Waals surface area contributed by atoms with Crippen LogP contribution in [0.3, 0.4) is 0 Å². The van der Waals surface area contributed by atoms with Crippen molar-refractivity contribution in [1.82, 2.24) is 19.9 Å². The van der Waals surface area contributed by atoms with Gasteiger partial charge < -0.3 is 9.97 Å². The van der Waals surface area contributed by atoms with Crippen molar-refractivity contribution >= 4 is 32.8 Å². The smallest absolute Gasteiger partial charge is 0.109 e. The van der Waals surface area contributed by atoms with E-state index in [9.17, 15) is 0 Å². The quantitative estimate of drug-likeness (QED) is 0.333. The number of H-pyrrole nitrogens is 2. The zero-order valence-electron chi connectivity index (χ0n) is 17.5. The van der Waals surface area contributed by atoms with Crippen molar-refractivity contribution in [2.45, 2.75) is 19.8 Å². The van der Waals surface area contributed by atoms with Crippen LogP contribution in [0.4, 0.5) is 0 Å². The lowest BCUT2D eigenvalue weighted by molar-refractivity contribution is 0.799. The van der Waals surface area contributed by atoms with Gasteiger partial charge in [0.2, 0.25) is 0 Å². The van der Waals surface area contributed by atoms with Gasteiger partial charge in [0, 0.05) is 5.92 Å². The van der Waals surface area contributed by atoms with Crippen molar-refractivity contribution < 1.29 is 0 Å². The Morgan fingerprint density at radius 3 is 1.90 bits per heavy atom. The summed E-state index contributed by atoms with van der Waals surface area (Å²) in [5, 5.41) is 2.46. The fourth-order valence-corrected chi connectivity index (χ4v) is 4.20. The van der Waals surface area contributed by atoms with Crippen molar-refractivity contribution in [1.29, 1.82) is 0 Å². The Morgan fingerprint density at radius 1 is 0.645 bits per heavy atom. The van der Waals surface area contributed by atoms with Crippen LogP contribution >= 0.6 is 0 Å². The Balaban J connectivity index is 1.39. The van der Waals surface area contributed by atoms with Crippen molar-refractivity contribution in [2.24, 2.45) is 0 Å². The van der Waals surface area contributed by atoms with Gasteiger partial charge in [0.1, 0.15) is 5.82 Å². The lowest BCUT2D eigenvalue weighted by Gasteiger charge is -2.07. The van der Waals surface area contributed by atoms with E-state index in [0.29, 0.717) is 5.92 Å². The molecule has 0 radical (unpaired) electrons. The minimum Gasteiger partial charge on any atom is -0.345 e. The highest BCUT2D eigenvalue weighted by molar-refractivity contribution is 5.93. The standard InChI is InChI=1S/C27H22N4/c1-16(2)27-30-24-10-8-22(14-26(24)31-27)20-6-4-17-11-19(5-3-18(17)12-20)21-7-9-23-25(13-21)29-15-28-23/h3-16H,1-2H3,(H,28,29)(H,30,31). The maximum absolute atomic E-state index is 4.69. The van der Waals surface area contributed by atoms with Gasteiger partial charge in [0.15, 0.2) is 0 Å². The molecule has 2 heterocycles. The van der Waals surface area contributed by atoms with Gasteiger partial charge in [-0.05, 0) is 69.4 Å². The summed E-state index contributed by atoms with van der Waals surface area (Å²) in [6.07, 6.45) is 1.74. The Kier molecular flexibility index (Phi) is 3.93. The maximum atomic E-state index is 4.69. The normalized spacial score (nSPS) is 11.8. The highest BCUT2D eigenvalue weighted by atomic mass is 14.9. The van der Waals surface area contributed by atoms with E-state index in [1.54, 1.807) is 6.33 Å². The first-order valence-corrected chi connectivity index (χ1v) is 10.6. The third-order valence-corrected chi connectivity index (χ3v) is 5.97. The van der Waals surface area contributed by atoms with Crippen molar-refractivity contribution in [3.05, 3.63) is 84.9 Å². The van der Waals surface area contributed by atoms with Crippen molar-refractivity contribution in [2.75, 3.05) is 0 Å². The lowest BCUT2D eigenvalue weighted by Crippen LogP contribution is -1.88. The first-order chi connectivity index (χ1) is 15.1.